The Hall–Kier alpha value is -2.99. The van der Waals surface area contributed by atoms with Crippen molar-refractivity contribution in [3.05, 3.63) is 76.1 Å². The number of carbonyl (C=O) groups excluding carboxylic acids is 2. The largest absolute Gasteiger partial charge is 0.452 e. The fourth-order valence-electron chi connectivity index (χ4n) is 3.26. The smallest absolute Gasteiger partial charge is 0.339 e. The highest BCUT2D eigenvalue weighted by molar-refractivity contribution is 7.09. The molecule has 0 saturated carbocycles. The predicted octanol–water partition coefficient (Wildman–Crippen LogP) is 4.54. The van der Waals surface area contributed by atoms with Crippen LogP contribution in [-0.2, 0) is 22.5 Å². The van der Waals surface area contributed by atoms with Gasteiger partial charge in [0.1, 0.15) is 0 Å². The highest BCUT2D eigenvalue weighted by atomic mass is 32.1. The van der Waals surface area contributed by atoms with Gasteiger partial charge in [-0.25, -0.2) is 4.79 Å². The molecule has 29 heavy (non-hydrogen) atoms. The van der Waals surface area contributed by atoms with E-state index >= 15 is 0 Å². The van der Waals surface area contributed by atoms with Crippen molar-refractivity contribution in [1.29, 1.82) is 0 Å². The maximum atomic E-state index is 12.9. The van der Waals surface area contributed by atoms with Gasteiger partial charge in [-0.3, -0.25) is 9.78 Å². The van der Waals surface area contributed by atoms with E-state index in [2.05, 4.69) is 11.6 Å². The molecule has 150 valence electrons. The summed E-state index contributed by atoms with van der Waals surface area (Å²) in [7, 11) is 0. The van der Waals surface area contributed by atoms with Crippen molar-refractivity contribution in [2.24, 2.45) is 0 Å². The predicted molar refractivity (Wildman–Crippen MR) is 116 cm³/mol. The van der Waals surface area contributed by atoms with Crippen molar-refractivity contribution in [3.63, 3.8) is 0 Å². The number of esters is 1. The van der Waals surface area contributed by atoms with Crippen LogP contribution in [0.15, 0.2) is 54.4 Å². The fourth-order valence-corrected chi connectivity index (χ4v) is 3.98. The van der Waals surface area contributed by atoms with Crippen molar-refractivity contribution in [2.45, 2.75) is 26.8 Å². The first-order valence-corrected chi connectivity index (χ1v) is 10.4. The number of amides is 1. The number of ether oxygens (including phenoxy) is 1. The van der Waals surface area contributed by atoms with E-state index in [-0.39, 0.29) is 12.5 Å². The average Bonchev–Trinajstić information content (AvgIpc) is 3.24. The van der Waals surface area contributed by atoms with Gasteiger partial charge in [0.25, 0.3) is 5.91 Å². The van der Waals surface area contributed by atoms with Gasteiger partial charge >= 0.3 is 5.97 Å². The van der Waals surface area contributed by atoms with E-state index in [1.54, 1.807) is 22.3 Å². The van der Waals surface area contributed by atoms with E-state index in [4.69, 9.17) is 4.74 Å². The molecule has 6 heteroatoms. The fraction of sp³-hybridized carbons (Fsp3) is 0.261. The molecule has 1 amide bonds. The summed E-state index contributed by atoms with van der Waals surface area (Å²) in [6.07, 6.45) is 2.38. The number of benzene rings is 1. The van der Waals surface area contributed by atoms with Gasteiger partial charge in [0.15, 0.2) is 6.61 Å². The van der Waals surface area contributed by atoms with Gasteiger partial charge in [-0.1, -0.05) is 37.3 Å². The third kappa shape index (κ3) is 4.71. The molecular weight excluding hydrogens is 384 g/mol. The van der Waals surface area contributed by atoms with Crippen LogP contribution in [0, 0.1) is 6.92 Å². The van der Waals surface area contributed by atoms with Crippen LogP contribution in [0.3, 0.4) is 0 Å². The third-order valence-corrected chi connectivity index (χ3v) is 5.59. The Morgan fingerprint density at radius 1 is 1.24 bits per heavy atom. The Morgan fingerprint density at radius 3 is 2.72 bits per heavy atom. The van der Waals surface area contributed by atoms with Gasteiger partial charge in [-0.15, -0.1) is 17.9 Å². The molecule has 0 saturated heterocycles. The van der Waals surface area contributed by atoms with E-state index in [1.807, 2.05) is 55.6 Å². The molecular formula is C23H24N2O3S. The van der Waals surface area contributed by atoms with Crippen molar-refractivity contribution < 1.29 is 14.3 Å². The summed E-state index contributed by atoms with van der Waals surface area (Å²) in [5.74, 6) is -0.753. The monoisotopic (exact) mass is 408 g/mol. The SMILES string of the molecule is C=CCN(Cc1cccs1)C(=O)COC(=O)c1c(C)c(CC)nc2ccccc12. The molecule has 0 N–H and O–H groups in total. The zero-order chi connectivity index (χ0) is 20.8. The standard InChI is InChI=1S/C23H24N2O3S/c1-4-12-25(14-17-9-8-13-29-17)21(26)15-28-23(27)22-16(3)19(5-2)24-20-11-7-6-10-18(20)22/h4,6-11,13H,1,5,12,14-15H2,2-3H3. The van der Waals surface area contributed by atoms with Crippen LogP contribution in [-0.4, -0.2) is 34.9 Å². The number of hydrogen-bond acceptors (Lipinski definition) is 5. The van der Waals surface area contributed by atoms with Gasteiger partial charge in [-0.05, 0) is 36.4 Å². The average molecular weight is 409 g/mol. The van der Waals surface area contributed by atoms with Gasteiger partial charge in [0, 0.05) is 22.5 Å². The second kappa shape index (κ2) is 9.47. The molecule has 3 aromatic rings. The van der Waals surface area contributed by atoms with Crippen molar-refractivity contribution in [1.82, 2.24) is 9.88 Å². The van der Waals surface area contributed by atoms with Crippen molar-refractivity contribution >= 4 is 34.1 Å². The minimum Gasteiger partial charge on any atom is -0.452 e. The molecule has 0 aliphatic rings. The van der Waals surface area contributed by atoms with Crippen molar-refractivity contribution in [3.8, 4) is 0 Å². The summed E-state index contributed by atoms with van der Waals surface area (Å²) in [4.78, 5) is 32.9. The molecule has 0 aliphatic carbocycles. The number of aryl methyl sites for hydroxylation is 1. The lowest BCUT2D eigenvalue weighted by Gasteiger charge is -2.20. The maximum Gasteiger partial charge on any atom is 0.339 e. The zero-order valence-corrected chi connectivity index (χ0v) is 17.5. The summed E-state index contributed by atoms with van der Waals surface area (Å²) in [5.41, 5.74) is 2.88. The van der Waals surface area contributed by atoms with Crippen LogP contribution in [0.1, 0.15) is 33.4 Å². The van der Waals surface area contributed by atoms with Gasteiger partial charge in [0.05, 0.1) is 17.6 Å². The number of thiophene rings is 1. The molecule has 0 radical (unpaired) electrons. The van der Waals surface area contributed by atoms with Crippen LogP contribution in [0.2, 0.25) is 0 Å². The minimum absolute atomic E-state index is 0.252. The van der Waals surface area contributed by atoms with E-state index in [0.29, 0.717) is 25.1 Å². The van der Waals surface area contributed by atoms with Crippen LogP contribution in [0.4, 0.5) is 0 Å². The molecule has 0 atom stereocenters. The number of hydrogen-bond donors (Lipinski definition) is 0. The molecule has 2 heterocycles. The van der Waals surface area contributed by atoms with E-state index in [9.17, 15) is 9.59 Å². The molecule has 3 rings (SSSR count). The Bertz CT molecular complexity index is 1030. The van der Waals surface area contributed by atoms with Gasteiger partial charge in [-0.2, -0.15) is 0 Å². The number of aromatic nitrogens is 1. The quantitative estimate of drug-likeness (QED) is 0.406. The normalized spacial score (nSPS) is 10.7. The second-order valence-electron chi connectivity index (χ2n) is 6.65. The zero-order valence-electron chi connectivity index (χ0n) is 16.7. The lowest BCUT2D eigenvalue weighted by molar-refractivity contribution is -0.134. The van der Waals surface area contributed by atoms with Gasteiger partial charge in [0.2, 0.25) is 0 Å². The first-order chi connectivity index (χ1) is 14.0. The van der Waals surface area contributed by atoms with Crippen LogP contribution in [0.5, 0.6) is 0 Å². The molecule has 0 unspecified atom stereocenters. The number of nitrogens with zero attached hydrogens (tertiary/aromatic N) is 2. The van der Waals surface area contributed by atoms with Crippen molar-refractivity contribution in [2.75, 3.05) is 13.2 Å². The van der Waals surface area contributed by atoms with E-state index in [0.717, 1.165) is 27.0 Å². The highest BCUT2D eigenvalue weighted by Gasteiger charge is 2.21. The molecule has 0 aliphatic heterocycles. The van der Waals surface area contributed by atoms with Crippen LogP contribution in [0.25, 0.3) is 10.9 Å². The number of rotatable bonds is 8. The van der Waals surface area contributed by atoms with Gasteiger partial charge < -0.3 is 9.64 Å². The first-order valence-electron chi connectivity index (χ1n) is 9.51. The Labute approximate surface area is 174 Å². The summed E-state index contributed by atoms with van der Waals surface area (Å²) in [6.45, 7) is 8.14. The van der Waals surface area contributed by atoms with Crippen LogP contribution < -0.4 is 0 Å². The molecule has 0 fully saturated rings. The third-order valence-electron chi connectivity index (χ3n) is 4.73. The maximum absolute atomic E-state index is 12.9. The first kappa shape index (κ1) is 20.7. The lowest BCUT2D eigenvalue weighted by Crippen LogP contribution is -2.34. The molecule has 0 bridgehead atoms. The van der Waals surface area contributed by atoms with Crippen LogP contribution >= 0.6 is 11.3 Å². The van der Waals surface area contributed by atoms with E-state index < -0.39 is 5.97 Å². The Kier molecular flexibility index (Phi) is 6.77. The minimum atomic E-state index is -0.501. The number of para-hydroxylation sites is 1. The summed E-state index contributed by atoms with van der Waals surface area (Å²) in [5, 5.41) is 2.70. The number of carbonyl (C=O) groups is 2. The number of fused-ring (bicyclic) bond motifs is 1. The Balaban J connectivity index is 1.78. The summed E-state index contributed by atoms with van der Waals surface area (Å²) in [6, 6.07) is 11.4. The Morgan fingerprint density at radius 2 is 2.03 bits per heavy atom. The lowest BCUT2D eigenvalue weighted by atomic mass is 10.0. The highest BCUT2D eigenvalue weighted by Crippen LogP contribution is 2.24. The van der Waals surface area contributed by atoms with E-state index in [1.165, 1.54) is 0 Å². The number of pyridine rings is 1. The molecule has 5 nitrogen and oxygen atoms in total. The molecule has 2 aromatic heterocycles. The molecule has 1 aromatic carbocycles. The summed E-state index contributed by atoms with van der Waals surface area (Å²) >= 11 is 1.58. The topological polar surface area (TPSA) is 59.5 Å². The summed E-state index contributed by atoms with van der Waals surface area (Å²) < 4.78 is 5.44. The second-order valence-corrected chi connectivity index (χ2v) is 7.68. The molecule has 0 spiro atoms.